The zero-order valence-corrected chi connectivity index (χ0v) is 18.6. The molecule has 1 fully saturated rings. The fraction of sp³-hybridized carbons (Fsp3) is 0.722. The Balaban J connectivity index is 0.00000218. The Morgan fingerprint density at radius 3 is 2.71 bits per heavy atom. The highest BCUT2D eigenvalue weighted by Gasteiger charge is 2.50. The summed E-state index contributed by atoms with van der Waals surface area (Å²) in [7, 11) is -1.06. The van der Waals surface area contributed by atoms with Crippen LogP contribution in [0.5, 0.6) is 0 Å². The average Bonchev–Trinajstić information content (AvgIpc) is 2.91. The number of aromatic nitrogens is 2. The molecule has 4 atom stereocenters. The lowest BCUT2D eigenvalue weighted by Gasteiger charge is -2.40. The van der Waals surface area contributed by atoms with Crippen molar-refractivity contribution in [3.63, 3.8) is 0 Å². The number of rotatable bonds is 6. The van der Waals surface area contributed by atoms with Gasteiger partial charge in [-0.05, 0) is 24.2 Å². The van der Waals surface area contributed by atoms with E-state index in [9.17, 15) is 14.7 Å². The lowest BCUT2D eigenvalue weighted by Crippen LogP contribution is -2.49. The third kappa shape index (κ3) is 5.06. The zero-order chi connectivity index (χ0) is 23.3. The highest BCUT2D eigenvalue weighted by molar-refractivity contribution is 6.74. The maximum Gasteiger partial charge on any atom is 0.351 e. The quantitative estimate of drug-likeness (QED) is 0.598. The molecule has 0 aromatic carbocycles. The summed E-state index contributed by atoms with van der Waals surface area (Å²) in [5, 5.41) is 17.4. The van der Waals surface area contributed by atoms with E-state index < -0.39 is 38.5 Å². The van der Waals surface area contributed by atoms with E-state index in [1.165, 1.54) is 31.2 Å². The van der Waals surface area contributed by atoms with E-state index >= 15 is 0 Å². The highest BCUT2D eigenvalue weighted by Crippen LogP contribution is 2.41. The number of carbonyl (C=O) groups excluding carboxylic acids is 1. The molecule has 0 aliphatic carbocycles. The molecule has 0 radical (unpaired) electrons. The van der Waals surface area contributed by atoms with Crippen molar-refractivity contribution in [2.75, 3.05) is 11.9 Å². The van der Waals surface area contributed by atoms with Gasteiger partial charge in [-0.2, -0.15) is 4.98 Å². The maximum atomic E-state index is 12.5. The molecule has 0 bridgehead atoms. The van der Waals surface area contributed by atoms with Crippen LogP contribution in [0.3, 0.4) is 0 Å². The molecule has 160 valence electrons. The van der Waals surface area contributed by atoms with E-state index in [0.717, 1.165) is 0 Å². The first-order chi connectivity index (χ1) is 13.9. The summed E-state index contributed by atoms with van der Waals surface area (Å²) >= 11 is 0. The van der Waals surface area contributed by atoms with Crippen LogP contribution in [0.1, 0.15) is 42.7 Å². The minimum atomic E-state index is -2.31. The van der Waals surface area contributed by atoms with Crippen molar-refractivity contribution in [1.29, 1.82) is 1.43 Å². The van der Waals surface area contributed by atoms with Gasteiger partial charge in [0.1, 0.15) is 24.1 Å². The number of ether oxygens (including phenoxy) is 1. The van der Waals surface area contributed by atoms with Crippen LogP contribution in [0.4, 0.5) is 5.82 Å². The van der Waals surface area contributed by atoms with Crippen molar-refractivity contribution >= 4 is 20.0 Å². The van der Waals surface area contributed by atoms with Gasteiger partial charge in [-0.25, -0.2) is 4.79 Å². The van der Waals surface area contributed by atoms with Gasteiger partial charge in [-0.15, -0.1) is 0 Å². The van der Waals surface area contributed by atoms with Gasteiger partial charge in [0.2, 0.25) is 7.34 Å². The first kappa shape index (κ1) is 21.1. The Morgan fingerprint density at radius 1 is 1.57 bits per heavy atom. The number of nitrogens with one attached hydrogen (secondary N) is 1. The number of anilines is 1. The fourth-order valence-corrected chi connectivity index (χ4v) is 3.87. The third-order valence-electron chi connectivity index (χ3n) is 5.12. The number of carbonyl (C=O) groups is 1. The van der Waals surface area contributed by atoms with Gasteiger partial charge in [-0.3, -0.25) is 9.36 Å². The summed E-state index contributed by atoms with van der Waals surface area (Å²) in [5.74, 6) is -0.218. The molecule has 1 aromatic rings. The second kappa shape index (κ2) is 8.83. The molecule has 2 heterocycles. The van der Waals surface area contributed by atoms with Gasteiger partial charge >= 0.3 is 5.69 Å². The van der Waals surface area contributed by atoms with Crippen LogP contribution >= 0.6 is 0 Å². The standard InChI is InChI=1S/C17H29N3O6Si.CH4/c1-10(22)18-12-7-8-20(16(24)19-12)15-14(13(23)11(9-21)25-15)26-27(5,6)17(2,3)4;/h7-8,11,13-15,21,23H,9H2,1-6H3,(H,18,19,22,24);1H4/t11-,13?,14+,15-;/m1./s1/i21D;1T. The van der Waals surface area contributed by atoms with Gasteiger partial charge in [-0.1, -0.05) is 28.2 Å². The summed E-state index contributed by atoms with van der Waals surface area (Å²) in [4.78, 5) is 27.5. The number of aliphatic hydroxyl groups excluding tert-OH is 2. The molecular weight excluding hydrogens is 382 g/mol. The van der Waals surface area contributed by atoms with E-state index in [1.807, 2.05) is 13.1 Å². The average molecular weight is 419 g/mol. The van der Waals surface area contributed by atoms with Crippen molar-refractivity contribution < 1.29 is 25.5 Å². The smallest absolute Gasteiger partial charge is 0.351 e. The second-order valence-electron chi connectivity index (χ2n) is 8.25. The minimum Gasteiger partial charge on any atom is -0.407 e. The maximum absolute atomic E-state index is 12.5. The predicted octanol–water partition coefficient (Wildman–Crippen LogP) is 1.48. The summed E-state index contributed by atoms with van der Waals surface area (Å²) in [6.07, 6.45) is -2.22. The minimum absolute atomic E-state index is 0.125. The lowest BCUT2D eigenvalue weighted by atomic mass is 10.1. The van der Waals surface area contributed by atoms with Crippen molar-refractivity contribution in [1.82, 2.24) is 9.55 Å². The third-order valence-corrected chi connectivity index (χ3v) is 9.60. The first-order valence-corrected chi connectivity index (χ1v) is 11.7. The number of nitrogens with zero attached hydrogens (tertiary/aromatic N) is 2. The number of aliphatic hydroxyl groups is 2. The molecule has 1 unspecified atom stereocenters. The molecule has 2 rings (SSSR count). The largest absolute Gasteiger partial charge is 0.407 e. The van der Waals surface area contributed by atoms with Gasteiger partial charge in [0.15, 0.2) is 14.5 Å². The summed E-state index contributed by atoms with van der Waals surface area (Å²) in [5.41, 5.74) is -0.653. The van der Waals surface area contributed by atoms with Crippen LogP contribution in [-0.4, -0.2) is 60.3 Å². The van der Waals surface area contributed by atoms with Gasteiger partial charge in [0, 0.05) is 14.5 Å². The van der Waals surface area contributed by atoms with Crippen molar-refractivity contribution in [3.8, 4) is 0 Å². The zero-order valence-electron chi connectivity index (χ0n) is 19.6. The van der Waals surface area contributed by atoms with Crippen LogP contribution in [0, 0.1) is 0 Å². The van der Waals surface area contributed by atoms with Crippen molar-refractivity contribution in [2.45, 2.75) is 77.8 Å². The molecule has 1 aromatic heterocycles. The lowest BCUT2D eigenvalue weighted by molar-refractivity contribution is -0.114. The van der Waals surface area contributed by atoms with Crippen LogP contribution in [0.2, 0.25) is 18.1 Å². The van der Waals surface area contributed by atoms with E-state index in [0.29, 0.717) is 0 Å². The summed E-state index contributed by atoms with van der Waals surface area (Å²) < 4.78 is 26.1. The van der Waals surface area contributed by atoms with E-state index in [2.05, 4.69) is 36.2 Å². The molecule has 1 aliphatic rings. The molecule has 9 nitrogen and oxygen atoms in total. The van der Waals surface area contributed by atoms with Crippen molar-refractivity contribution in [3.05, 3.63) is 22.7 Å². The van der Waals surface area contributed by atoms with Gasteiger partial charge in [0.05, 0.1) is 6.61 Å². The summed E-state index contributed by atoms with van der Waals surface area (Å²) in [6.45, 7) is 11.4. The van der Waals surface area contributed by atoms with Gasteiger partial charge < -0.3 is 24.7 Å². The number of hydrogen-bond donors (Lipinski definition) is 3. The fourth-order valence-electron chi connectivity index (χ4n) is 2.58. The predicted molar refractivity (Wildman–Crippen MR) is 109 cm³/mol. The van der Waals surface area contributed by atoms with Crippen LogP contribution < -0.4 is 11.0 Å². The molecule has 3 N–H and O–H groups in total. The SMILES string of the molecule is [2H]OC[C@H]1O[C@@H](n2ccc(NC(C)=O)nc2=O)[C@@H](O[Si](C)(C)C(C)(C)C)C1O.[3H]C. The van der Waals surface area contributed by atoms with Crippen LogP contribution in [0.25, 0.3) is 0 Å². The Labute approximate surface area is 169 Å². The normalized spacial score (nSPS) is 26.0. The Morgan fingerprint density at radius 2 is 2.21 bits per heavy atom. The molecule has 1 saturated heterocycles. The van der Waals surface area contributed by atoms with E-state index in [1.54, 1.807) is 0 Å². The van der Waals surface area contributed by atoms with E-state index in [4.69, 9.17) is 12.0 Å². The molecule has 1 amide bonds. The second-order valence-corrected chi connectivity index (χ2v) is 13.0. The number of hydrogen-bond acceptors (Lipinski definition) is 7. The monoisotopic (exact) mass is 418 g/mol. The van der Waals surface area contributed by atoms with Crippen LogP contribution in [0.15, 0.2) is 17.1 Å². The molecule has 10 heteroatoms. The molecule has 0 spiro atoms. The summed E-state index contributed by atoms with van der Waals surface area (Å²) in [6, 6.07) is 1.47. The Bertz CT molecular complexity index is 771. The molecular formula is C18H33N3O6Si. The molecule has 0 saturated carbocycles. The number of amides is 1. The first-order valence-electron chi connectivity index (χ1n) is 10.2. The Kier molecular flexibility index (Phi) is 6.66. The van der Waals surface area contributed by atoms with Crippen molar-refractivity contribution in [2.24, 2.45) is 0 Å². The van der Waals surface area contributed by atoms with Gasteiger partial charge in [0.25, 0.3) is 0 Å². The van der Waals surface area contributed by atoms with Crippen LogP contribution in [-0.2, 0) is 14.0 Å². The van der Waals surface area contributed by atoms with E-state index in [-0.39, 0.29) is 23.4 Å². The topological polar surface area (TPSA) is 123 Å². The molecule has 28 heavy (non-hydrogen) atoms. The Hall–Kier alpha value is -1.59. The molecule has 1 aliphatic heterocycles. The highest BCUT2D eigenvalue weighted by atomic mass is 28.4.